The molecule has 2 heterocycles. The fourth-order valence-corrected chi connectivity index (χ4v) is 3.33. The first kappa shape index (κ1) is 19.2. The molecule has 6 N–H and O–H groups in total. The minimum absolute atomic E-state index is 0.0167. The number of aromatic nitrogens is 1. The van der Waals surface area contributed by atoms with Gasteiger partial charge in [-0.15, -0.1) is 11.3 Å². The molecule has 0 aliphatic rings. The van der Waals surface area contributed by atoms with Gasteiger partial charge in [0.1, 0.15) is 0 Å². The van der Waals surface area contributed by atoms with Crippen molar-refractivity contribution in [2.45, 2.75) is 31.5 Å². The Balaban J connectivity index is 1.99. The Labute approximate surface area is 150 Å². The number of hydrogen-bond acceptors (Lipinski definition) is 7. The van der Waals surface area contributed by atoms with Crippen molar-refractivity contribution in [2.24, 2.45) is 11.5 Å². The van der Waals surface area contributed by atoms with Crippen LogP contribution in [0.3, 0.4) is 0 Å². The number of carboxylic acid groups (broad SMARTS) is 1. The number of Topliss-reactive ketones (excluding diaryl/α,β-unsaturated/α-hetero) is 1. The van der Waals surface area contributed by atoms with E-state index in [9.17, 15) is 14.7 Å². The first-order chi connectivity index (χ1) is 12.0. The second-order valence-corrected chi connectivity index (χ2v) is 6.86. The number of nitrogens with zero attached hydrogens (tertiary/aromatic N) is 1. The van der Waals surface area contributed by atoms with Crippen molar-refractivity contribution < 1.29 is 14.7 Å². The van der Waals surface area contributed by atoms with Crippen LogP contribution in [0, 0.1) is 0 Å². The van der Waals surface area contributed by atoms with E-state index < -0.39 is 17.3 Å². The summed E-state index contributed by atoms with van der Waals surface area (Å²) in [7, 11) is 0. The maximum atomic E-state index is 12.6. The summed E-state index contributed by atoms with van der Waals surface area (Å²) in [6.45, 7) is 1.45. The zero-order valence-electron chi connectivity index (χ0n) is 13.8. The van der Waals surface area contributed by atoms with Gasteiger partial charge >= 0.3 is 5.97 Å². The predicted octanol–water partition coefficient (Wildman–Crippen LogP) is 1.14. The van der Waals surface area contributed by atoms with Crippen LogP contribution in [0.4, 0.5) is 0 Å². The van der Waals surface area contributed by atoms with Gasteiger partial charge in [0.25, 0.3) is 0 Å². The zero-order valence-corrected chi connectivity index (χ0v) is 14.6. The van der Waals surface area contributed by atoms with Crippen LogP contribution in [0.5, 0.6) is 0 Å². The number of ketones is 1. The lowest BCUT2D eigenvalue weighted by atomic mass is 9.89. The standard InChI is InChI=1S/C17H22N4O3S/c18-8-3-7-17(19,16(23)24)15(22)14-6-5-13(25-14)11-20-10-12-4-1-2-9-21-12/h1-2,4-6,9,20H,3,7-8,10-11,18-19H2,(H,23,24)/t17-/m1/s1. The van der Waals surface area contributed by atoms with E-state index in [0.717, 1.165) is 10.6 Å². The molecule has 2 aromatic heterocycles. The molecule has 25 heavy (non-hydrogen) atoms. The Morgan fingerprint density at radius 3 is 2.68 bits per heavy atom. The fourth-order valence-electron chi connectivity index (χ4n) is 2.33. The van der Waals surface area contributed by atoms with Crippen LogP contribution in [0.2, 0.25) is 0 Å². The topological polar surface area (TPSA) is 131 Å². The quantitative estimate of drug-likeness (QED) is 0.368. The second kappa shape index (κ2) is 8.82. The van der Waals surface area contributed by atoms with E-state index in [0.29, 0.717) is 24.4 Å². The average Bonchev–Trinajstić information content (AvgIpc) is 3.08. The zero-order chi connectivity index (χ0) is 18.3. The van der Waals surface area contributed by atoms with Gasteiger partial charge in [0, 0.05) is 24.2 Å². The smallest absolute Gasteiger partial charge is 0.331 e. The molecule has 0 amide bonds. The Hall–Kier alpha value is -2.13. The number of pyridine rings is 1. The second-order valence-electron chi connectivity index (χ2n) is 5.69. The molecule has 0 fully saturated rings. The molecule has 8 heteroatoms. The van der Waals surface area contributed by atoms with Crippen LogP contribution in [0.1, 0.15) is 33.1 Å². The van der Waals surface area contributed by atoms with Crippen LogP contribution < -0.4 is 16.8 Å². The summed E-state index contributed by atoms with van der Waals surface area (Å²) in [5.74, 6) is -1.90. The molecule has 0 saturated heterocycles. The highest BCUT2D eigenvalue weighted by molar-refractivity contribution is 7.14. The number of hydrogen-bond donors (Lipinski definition) is 4. The van der Waals surface area contributed by atoms with Crippen LogP contribution in [-0.4, -0.2) is 33.9 Å². The van der Waals surface area contributed by atoms with Crippen molar-refractivity contribution >= 4 is 23.1 Å². The summed E-state index contributed by atoms with van der Waals surface area (Å²) in [6.07, 6.45) is 2.12. The maximum absolute atomic E-state index is 12.6. The van der Waals surface area contributed by atoms with E-state index in [1.54, 1.807) is 18.3 Å². The summed E-state index contributed by atoms with van der Waals surface area (Å²) in [6, 6.07) is 9.11. The third kappa shape index (κ3) is 4.93. The number of carbonyl (C=O) groups is 2. The summed E-state index contributed by atoms with van der Waals surface area (Å²) >= 11 is 1.25. The SMILES string of the molecule is NCCC[C@](N)(C(=O)O)C(=O)c1ccc(CNCc2ccccn2)s1. The Bertz CT molecular complexity index is 720. The van der Waals surface area contributed by atoms with Crippen LogP contribution >= 0.6 is 11.3 Å². The molecular formula is C17H22N4O3S. The normalized spacial score (nSPS) is 13.4. The lowest BCUT2D eigenvalue weighted by Gasteiger charge is -2.22. The molecule has 1 atom stereocenters. The van der Waals surface area contributed by atoms with Crippen molar-refractivity contribution in [1.82, 2.24) is 10.3 Å². The van der Waals surface area contributed by atoms with Gasteiger partial charge in [0.2, 0.25) is 5.78 Å². The summed E-state index contributed by atoms with van der Waals surface area (Å²) in [5.41, 5.74) is 10.3. The highest BCUT2D eigenvalue weighted by atomic mass is 32.1. The van der Waals surface area contributed by atoms with E-state index >= 15 is 0 Å². The first-order valence-electron chi connectivity index (χ1n) is 7.94. The van der Waals surface area contributed by atoms with E-state index in [1.165, 1.54) is 11.3 Å². The molecule has 0 unspecified atom stereocenters. The van der Waals surface area contributed by atoms with Crippen LogP contribution in [-0.2, 0) is 17.9 Å². The maximum Gasteiger partial charge on any atom is 0.331 e. The number of thiophene rings is 1. The van der Waals surface area contributed by atoms with Gasteiger partial charge < -0.3 is 21.9 Å². The molecule has 0 saturated carbocycles. The number of nitrogens with two attached hydrogens (primary N) is 2. The summed E-state index contributed by atoms with van der Waals surface area (Å²) in [5, 5.41) is 12.6. The Kier molecular flexibility index (Phi) is 6.77. The molecule has 0 radical (unpaired) electrons. The average molecular weight is 362 g/mol. The summed E-state index contributed by atoms with van der Waals surface area (Å²) < 4.78 is 0. The van der Waals surface area contributed by atoms with Gasteiger partial charge in [-0.05, 0) is 43.7 Å². The number of carbonyl (C=O) groups excluding carboxylic acids is 1. The monoisotopic (exact) mass is 362 g/mol. The third-order valence-corrected chi connectivity index (χ3v) is 4.86. The first-order valence-corrected chi connectivity index (χ1v) is 8.75. The lowest BCUT2D eigenvalue weighted by Crippen LogP contribution is -2.54. The third-order valence-electron chi connectivity index (χ3n) is 3.78. The van der Waals surface area contributed by atoms with Crippen LogP contribution in [0.25, 0.3) is 0 Å². The number of rotatable bonds is 10. The van der Waals surface area contributed by atoms with Gasteiger partial charge in [0.15, 0.2) is 5.54 Å². The lowest BCUT2D eigenvalue weighted by molar-refractivity contribution is -0.141. The van der Waals surface area contributed by atoms with Crippen molar-refractivity contribution in [1.29, 1.82) is 0 Å². The summed E-state index contributed by atoms with van der Waals surface area (Å²) in [4.78, 5) is 29.5. The van der Waals surface area contributed by atoms with Gasteiger partial charge in [-0.25, -0.2) is 4.79 Å². The molecule has 0 bridgehead atoms. The number of nitrogens with one attached hydrogen (secondary N) is 1. The minimum Gasteiger partial charge on any atom is -0.480 e. The highest BCUT2D eigenvalue weighted by Crippen LogP contribution is 2.24. The van der Waals surface area contributed by atoms with Crippen molar-refractivity contribution in [3.63, 3.8) is 0 Å². The minimum atomic E-state index is -1.93. The van der Waals surface area contributed by atoms with E-state index in [-0.39, 0.29) is 13.0 Å². The predicted molar refractivity (Wildman–Crippen MR) is 96.3 cm³/mol. The van der Waals surface area contributed by atoms with E-state index in [2.05, 4.69) is 10.3 Å². The Morgan fingerprint density at radius 1 is 1.24 bits per heavy atom. The van der Waals surface area contributed by atoms with Gasteiger partial charge in [-0.1, -0.05) is 6.07 Å². The van der Waals surface area contributed by atoms with Crippen LogP contribution in [0.15, 0.2) is 36.5 Å². The van der Waals surface area contributed by atoms with Gasteiger partial charge in [-0.3, -0.25) is 9.78 Å². The molecule has 2 aromatic rings. The number of aliphatic carboxylic acids is 1. The highest BCUT2D eigenvalue weighted by Gasteiger charge is 2.42. The van der Waals surface area contributed by atoms with Gasteiger partial charge in [-0.2, -0.15) is 0 Å². The molecule has 0 aromatic carbocycles. The fraction of sp³-hybridized carbons (Fsp3) is 0.353. The van der Waals surface area contributed by atoms with Crippen molar-refractivity contribution in [3.05, 3.63) is 52.0 Å². The van der Waals surface area contributed by atoms with Crippen molar-refractivity contribution in [2.75, 3.05) is 6.54 Å². The van der Waals surface area contributed by atoms with Gasteiger partial charge in [0.05, 0.1) is 10.6 Å². The van der Waals surface area contributed by atoms with Crippen molar-refractivity contribution in [3.8, 4) is 0 Å². The molecule has 0 spiro atoms. The largest absolute Gasteiger partial charge is 0.480 e. The molecule has 0 aliphatic carbocycles. The molecule has 134 valence electrons. The molecule has 0 aliphatic heterocycles. The Morgan fingerprint density at radius 2 is 2.04 bits per heavy atom. The molecular weight excluding hydrogens is 340 g/mol. The molecule has 7 nitrogen and oxygen atoms in total. The van der Waals surface area contributed by atoms with E-state index in [1.807, 2.05) is 18.2 Å². The molecule has 2 rings (SSSR count). The number of carboxylic acids is 1. The van der Waals surface area contributed by atoms with E-state index in [4.69, 9.17) is 11.5 Å².